The molecule has 2 N–H and O–H groups in total. The third-order valence-electron chi connectivity index (χ3n) is 4.16. The van der Waals surface area contributed by atoms with Crippen molar-refractivity contribution in [3.8, 4) is 0 Å². The molecule has 0 aliphatic rings. The summed E-state index contributed by atoms with van der Waals surface area (Å²) in [6.45, 7) is 9.07. The molecule has 92 valence electrons. The fourth-order valence-corrected chi connectivity index (χ4v) is 3.03. The van der Waals surface area contributed by atoms with E-state index in [1.165, 1.54) is 0 Å². The van der Waals surface area contributed by atoms with Crippen LogP contribution in [0.25, 0.3) is 0 Å². The molecule has 2 nitrogen and oxygen atoms in total. The number of aliphatic hydroxyl groups excluding tert-OH is 2. The van der Waals surface area contributed by atoms with E-state index in [9.17, 15) is 10.2 Å². The Labute approximate surface area is 94.7 Å². The van der Waals surface area contributed by atoms with Gasteiger partial charge < -0.3 is 10.2 Å². The van der Waals surface area contributed by atoms with E-state index in [0.29, 0.717) is 5.92 Å². The van der Waals surface area contributed by atoms with Crippen LogP contribution in [-0.4, -0.2) is 23.4 Å². The molecule has 0 aromatic rings. The lowest BCUT2D eigenvalue weighted by Gasteiger charge is -2.43. The van der Waals surface area contributed by atoms with Gasteiger partial charge in [-0.2, -0.15) is 0 Å². The van der Waals surface area contributed by atoms with Crippen molar-refractivity contribution in [2.75, 3.05) is 13.2 Å². The first-order chi connectivity index (χ1) is 7.12. The molecule has 2 heteroatoms. The number of rotatable bonds is 8. The summed E-state index contributed by atoms with van der Waals surface area (Å²) < 4.78 is 0. The smallest absolute Gasteiger partial charge is 0.0464 e. The first-order valence-electron chi connectivity index (χ1n) is 6.34. The molecule has 0 radical (unpaired) electrons. The maximum Gasteiger partial charge on any atom is 0.0464 e. The first kappa shape index (κ1) is 14.9. The van der Waals surface area contributed by atoms with Gasteiger partial charge in [0.25, 0.3) is 0 Å². The average molecular weight is 216 g/mol. The third kappa shape index (κ3) is 3.18. The predicted molar refractivity (Wildman–Crippen MR) is 64.7 cm³/mol. The minimum absolute atomic E-state index is 0.118. The Kier molecular flexibility index (Phi) is 7.20. The second-order valence-electron chi connectivity index (χ2n) is 4.71. The molecule has 0 aliphatic carbocycles. The van der Waals surface area contributed by atoms with Crippen molar-refractivity contribution in [3.63, 3.8) is 0 Å². The van der Waals surface area contributed by atoms with Crippen LogP contribution < -0.4 is 0 Å². The molecule has 3 unspecified atom stereocenters. The summed E-state index contributed by atoms with van der Waals surface area (Å²) in [4.78, 5) is 0. The topological polar surface area (TPSA) is 40.5 Å². The highest BCUT2D eigenvalue weighted by atomic mass is 16.3. The van der Waals surface area contributed by atoms with Crippen LogP contribution in [0.3, 0.4) is 0 Å². The van der Waals surface area contributed by atoms with Crippen LogP contribution in [0.4, 0.5) is 0 Å². The van der Waals surface area contributed by atoms with Gasteiger partial charge in [0.2, 0.25) is 0 Å². The Balaban J connectivity index is 4.92. The van der Waals surface area contributed by atoms with E-state index in [2.05, 4.69) is 27.7 Å². The van der Waals surface area contributed by atoms with Gasteiger partial charge in [-0.05, 0) is 30.1 Å². The summed E-state index contributed by atoms with van der Waals surface area (Å²) >= 11 is 0. The van der Waals surface area contributed by atoms with Crippen LogP contribution in [0.1, 0.15) is 53.4 Å². The molecular weight excluding hydrogens is 188 g/mol. The van der Waals surface area contributed by atoms with E-state index in [4.69, 9.17) is 0 Å². The summed E-state index contributed by atoms with van der Waals surface area (Å²) in [6.07, 6.45) is 4.26. The van der Waals surface area contributed by atoms with Crippen molar-refractivity contribution >= 4 is 0 Å². The van der Waals surface area contributed by atoms with Gasteiger partial charge in [-0.3, -0.25) is 0 Å². The Morgan fingerprint density at radius 2 is 1.67 bits per heavy atom. The van der Waals surface area contributed by atoms with E-state index in [0.717, 1.165) is 25.7 Å². The summed E-state index contributed by atoms with van der Waals surface area (Å²) in [5.74, 6) is 0.601. The van der Waals surface area contributed by atoms with Crippen LogP contribution in [0.2, 0.25) is 0 Å². The Morgan fingerprint density at radius 1 is 1.07 bits per heavy atom. The second kappa shape index (κ2) is 7.24. The maximum absolute atomic E-state index is 9.48. The second-order valence-corrected chi connectivity index (χ2v) is 4.71. The lowest BCUT2D eigenvalue weighted by molar-refractivity contribution is -0.00429. The van der Waals surface area contributed by atoms with E-state index >= 15 is 0 Å². The number of hydrogen-bond acceptors (Lipinski definition) is 2. The quantitative estimate of drug-likeness (QED) is 0.655. The van der Waals surface area contributed by atoms with E-state index in [1.807, 2.05) is 0 Å². The third-order valence-corrected chi connectivity index (χ3v) is 4.16. The van der Waals surface area contributed by atoms with Crippen LogP contribution in [-0.2, 0) is 0 Å². The normalized spacial score (nSPS) is 19.6. The highest BCUT2D eigenvalue weighted by Crippen LogP contribution is 2.44. The molecule has 0 aromatic heterocycles. The number of aliphatic hydroxyl groups is 2. The summed E-state index contributed by atoms with van der Waals surface area (Å²) in [7, 11) is 0. The summed E-state index contributed by atoms with van der Waals surface area (Å²) in [5.41, 5.74) is 0.118. The van der Waals surface area contributed by atoms with Gasteiger partial charge in [-0.25, -0.2) is 0 Å². The Morgan fingerprint density at radius 3 is 1.93 bits per heavy atom. The average Bonchev–Trinajstić information content (AvgIpc) is 2.28. The molecule has 15 heavy (non-hydrogen) atoms. The zero-order chi connectivity index (χ0) is 11.9. The van der Waals surface area contributed by atoms with Crippen LogP contribution in [0.5, 0.6) is 0 Å². The lowest BCUT2D eigenvalue weighted by Crippen LogP contribution is -2.39. The lowest BCUT2D eigenvalue weighted by atomic mass is 9.62. The largest absolute Gasteiger partial charge is 0.396 e. The number of hydrogen-bond donors (Lipinski definition) is 2. The zero-order valence-electron chi connectivity index (χ0n) is 10.8. The van der Waals surface area contributed by atoms with E-state index in [1.54, 1.807) is 0 Å². The highest BCUT2D eigenvalue weighted by Gasteiger charge is 2.39. The molecule has 0 bridgehead atoms. The van der Waals surface area contributed by atoms with Crippen molar-refractivity contribution in [3.05, 3.63) is 0 Å². The summed E-state index contributed by atoms with van der Waals surface area (Å²) in [5, 5.41) is 18.9. The maximum atomic E-state index is 9.48. The zero-order valence-corrected chi connectivity index (χ0v) is 10.8. The monoisotopic (exact) mass is 216 g/mol. The molecule has 0 fully saturated rings. The van der Waals surface area contributed by atoms with Gasteiger partial charge in [0.15, 0.2) is 0 Å². The van der Waals surface area contributed by atoms with Crippen LogP contribution >= 0.6 is 0 Å². The Bertz CT molecular complexity index is 155. The van der Waals surface area contributed by atoms with Crippen LogP contribution in [0, 0.1) is 17.3 Å². The standard InChI is InChI=1S/C13H28O2/c1-5-8-13(7-3,11(4)9-14)12(6-2)10-15/h11-12,14-15H,5-10H2,1-4H3. The predicted octanol–water partition coefficient (Wildman–Crippen LogP) is 2.83. The molecule has 0 aliphatic heterocycles. The highest BCUT2D eigenvalue weighted by molar-refractivity contribution is 4.88. The molecule has 0 spiro atoms. The molecule has 0 amide bonds. The van der Waals surface area contributed by atoms with Gasteiger partial charge in [0, 0.05) is 13.2 Å². The molecular formula is C13H28O2. The SMILES string of the molecule is CCCC(CC)(C(C)CO)C(CC)CO. The van der Waals surface area contributed by atoms with Crippen molar-refractivity contribution in [2.24, 2.45) is 17.3 Å². The van der Waals surface area contributed by atoms with Crippen molar-refractivity contribution in [2.45, 2.75) is 53.4 Å². The molecule has 3 atom stereocenters. The van der Waals surface area contributed by atoms with Crippen molar-refractivity contribution in [1.29, 1.82) is 0 Å². The molecule has 0 saturated carbocycles. The van der Waals surface area contributed by atoms with Gasteiger partial charge in [0.1, 0.15) is 0 Å². The van der Waals surface area contributed by atoms with Crippen molar-refractivity contribution < 1.29 is 10.2 Å². The minimum atomic E-state index is 0.118. The van der Waals surface area contributed by atoms with Gasteiger partial charge in [0.05, 0.1) is 0 Å². The Hall–Kier alpha value is -0.0800. The first-order valence-corrected chi connectivity index (χ1v) is 6.34. The van der Waals surface area contributed by atoms with Crippen molar-refractivity contribution in [1.82, 2.24) is 0 Å². The molecule has 0 saturated heterocycles. The molecule has 0 aromatic carbocycles. The van der Waals surface area contributed by atoms with E-state index in [-0.39, 0.29) is 24.5 Å². The van der Waals surface area contributed by atoms with Gasteiger partial charge >= 0.3 is 0 Å². The minimum Gasteiger partial charge on any atom is -0.396 e. The fraction of sp³-hybridized carbons (Fsp3) is 1.00. The molecule has 0 rings (SSSR count). The van der Waals surface area contributed by atoms with Gasteiger partial charge in [-0.15, -0.1) is 0 Å². The summed E-state index contributed by atoms with van der Waals surface area (Å²) in [6, 6.07) is 0. The van der Waals surface area contributed by atoms with E-state index < -0.39 is 0 Å². The fourth-order valence-electron chi connectivity index (χ4n) is 3.03. The van der Waals surface area contributed by atoms with Gasteiger partial charge in [-0.1, -0.05) is 40.5 Å². The van der Waals surface area contributed by atoms with Crippen LogP contribution in [0.15, 0.2) is 0 Å². The molecule has 0 heterocycles.